The Hall–Kier alpha value is -2.43. The molecule has 0 radical (unpaired) electrons. The quantitative estimate of drug-likeness (QED) is 0.739. The lowest BCUT2D eigenvalue weighted by Gasteiger charge is -2.36. The first-order valence-electron chi connectivity index (χ1n) is 9.42. The zero-order valence-electron chi connectivity index (χ0n) is 17.0. The van der Waals surface area contributed by atoms with Crippen molar-refractivity contribution in [2.45, 2.75) is 38.9 Å². The molecule has 10 heteroatoms. The van der Waals surface area contributed by atoms with Crippen LogP contribution in [0.25, 0.3) is 0 Å². The summed E-state index contributed by atoms with van der Waals surface area (Å²) in [5.74, 6) is 0.650. The summed E-state index contributed by atoms with van der Waals surface area (Å²) >= 11 is 0. The fourth-order valence-electron chi connectivity index (χ4n) is 3.31. The molecule has 1 saturated heterocycles. The third kappa shape index (κ3) is 4.95. The summed E-state index contributed by atoms with van der Waals surface area (Å²) in [6, 6.07) is 5.76. The summed E-state index contributed by atoms with van der Waals surface area (Å²) in [5, 5.41) is 7.01. The Labute approximate surface area is 171 Å². The standard InChI is InChI=1S/C19H27N5O4S/c1-13(2)11-24-12-15(10-20-24)21-19(25)18-9-17(22-29(26,27)23(18)3)14-6-5-7-16(8-14)28-4/h5-8,10,12-13,17-18,22H,9,11H2,1-4H3,(H,21,25). The van der Waals surface area contributed by atoms with Crippen molar-refractivity contribution < 1.29 is 17.9 Å². The van der Waals surface area contributed by atoms with Crippen LogP contribution in [0.15, 0.2) is 36.7 Å². The minimum absolute atomic E-state index is 0.287. The molecule has 9 nitrogen and oxygen atoms in total. The van der Waals surface area contributed by atoms with Crippen molar-refractivity contribution in [3.8, 4) is 5.75 Å². The lowest BCUT2D eigenvalue weighted by atomic mass is 9.99. The van der Waals surface area contributed by atoms with Crippen molar-refractivity contribution in [3.63, 3.8) is 0 Å². The molecule has 0 bridgehead atoms. The smallest absolute Gasteiger partial charge is 0.280 e. The van der Waals surface area contributed by atoms with Gasteiger partial charge in [-0.05, 0) is 30.0 Å². The number of anilines is 1. The number of hydrogen-bond acceptors (Lipinski definition) is 5. The molecule has 2 N–H and O–H groups in total. The average molecular weight is 422 g/mol. The van der Waals surface area contributed by atoms with Crippen LogP contribution in [0.3, 0.4) is 0 Å². The van der Waals surface area contributed by atoms with Crippen LogP contribution in [0.2, 0.25) is 0 Å². The molecule has 29 heavy (non-hydrogen) atoms. The first-order valence-corrected chi connectivity index (χ1v) is 10.9. The van der Waals surface area contributed by atoms with Crippen LogP contribution in [0.4, 0.5) is 5.69 Å². The minimum atomic E-state index is -3.81. The molecule has 1 aliphatic heterocycles. The molecule has 3 rings (SSSR count). The van der Waals surface area contributed by atoms with Gasteiger partial charge < -0.3 is 10.1 Å². The number of likely N-dealkylation sites (N-methyl/N-ethyl adjacent to an activating group) is 1. The van der Waals surface area contributed by atoms with Gasteiger partial charge in [0.05, 0.1) is 25.0 Å². The van der Waals surface area contributed by atoms with Crippen molar-refractivity contribution in [3.05, 3.63) is 42.2 Å². The molecular weight excluding hydrogens is 394 g/mol. The number of rotatable bonds is 6. The lowest BCUT2D eigenvalue weighted by molar-refractivity contribution is -0.120. The van der Waals surface area contributed by atoms with Gasteiger partial charge in [0.1, 0.15) is 11.8 Å². The molecule has 1 amide bonds. The van der Waals surface area contributed by atoms with E-state index >= 15 is 0 Å². The van der Waals surface area contributed by atoms with Crippen LogP contribution in [0.1, 0.15) is 31.9 Å². The van der Waals surface area contributed by atoms with Crippen molar-refractivity contribution in [2.24, 2.45) is 5.92 Å². The molecule has 2 unspecified atom stereocenters. The monoisotopic (exact) mass is 421 g/mol. The Morgan fingerprint density at radius 3 is 2.86 bits per heavy atom. The maximum atomic E-state index is 12.9. The van der Waals surface area contributed by atoms with Gasteiger partial charge in [0.25, 0.3) is 10.2 Å². The fraction of sp³-hybridized carbons (Fsp3) is 0.474. The van der Waals surface area contributed by atoms with Crippen molar-refractivity contribution in [2.75, 3.05) is 19.5 Å². The molecule has 1 aromatic heterocycles. The first-order chi connectivity index (χ1) is 13.7. The molecule has 1 aliphatic rings. The first kappa shape index (κ1) is 21.3. The van der Waals surface area contributed by atoms with Gasteiger partial charge in [-0.2, -0.15) is 22.5 Å². The normalized spacial score (nSPS) is 21.8. The van der Waals surface area contributed by atoms with E-state index < -0.39 is 28.2 Å². The van der Waals surface area contributed by atoms with Crippen LogP contribution < -0.4 is 14.8 Å². The van der Waals surface area contributed by atoms with E-state index in [4.69, 9.17) is 4.74 Å². The predicted molar refractivity (Wildman–Crippen MR) is 110 cm³/mol. The number of carbonyl (C=O) groups excluding carboxylic acids is 1. The number of methoxy groups -OCH3 is 1. The van der Waals surface area contributed by atoms with Crippen molar-refractivity contribution in [1.29, 1.82) is 0 Å². The van der Waals surface area contributed by atoms with E-state index in [-0.39, 0.29) is 6.42 Å². The number of amides is 1. The predicted octanol–water partition coefficient (Wildman–Crippen LogP) is 1.77. The molecule has 158 valence electrons. The van der Waals surface area contributed by atoms with E-state index in [9.17, 15) is 13.2 Å². The highest BCUT2D eigenvalue weighted by Crippen LogP contribution is 2.30. The SMILES string of the molecule is COc1cccc(C2CC(C(=O)Nc3cnn(CC(C)C)c3)N(C)S(=O)(=O)N2)c1. The van der Waals surface area contributed by atoms with E-state index in [0.29, 0.717) is 17.4 Å². The van der Waals surface area contributed by atoms with E-state index in [1.807, 2.05) is 6.07 Å². The molecule has 0 spiro atoms. The van der Waals surface area contributed by atoms with Gasteiger partial charge in [-0.25, -0.2) is 0 Å². The maximum absolute atomic E-state index is 12.9. The molecule has 1 aromatic carbocycles. The van der Waals surface area contributed by atoms with Gasteiger partial charge in [0.15, 0.2) is 0 Å². The number of benzene rings is 1. The average Bonchev–Trinajstić information content (AvgIpc) is 3.09. The van der Waals surface area contributed by atoms with Gasteiger partial charge in [-0.3, -0.25) is 9.48 Å². The fourth-order valence-corrected chi connectivity index (χ4v) is 4.59. The van der Waals surface area contributed by atoms with E-state index in [2.05, 4.69) is 29.0 Å². The summed E-state index contributed by atoms with van der Waals surface area (Å²) < 4.78 is 35.9. The largest absolute Gasteiger partial charge is 0.497 e. The lowest BCUT2D eigenvalue weighted by Crippen LogP contribution is -2.55. The molecule has 2 atom stereocenters. The highest BCUT2D eigenvalue weighted by Gasteiger charge is 2.40. The molecule has 0 aliphatic carbocycles. The van der Waals surface area contributed by atoms with Gasteiger partial charge in [0, 0.05) is 19.8 Å². The summed E-state index contributed by atoms with van der Waals surface area (Å²) in [5.41, 5.74) is 1.28. The Kier molecular flexibility index (Phi) is 6.25. The van der Waals surface area contributed by atoms with Crippen LogP contribution in [0, 0.1) is 5.92 Å². The van der Waals surface area contributed by atoms with Gasteiger partial charge in [-0.1, -0.05) is 26.0 Å². The van der Waals surface area contributed by atoms with Crippen LogP contribution in [-0.2, 0) is 21.5 Å². The Bertz CT molecular complexity index is 972. The van der Waals surface area contributed by atoms with Crippen LogP contribution in [-0.4, -0.2) is 48.6 Å². The van der Waals surface area contributed by atoms with E-state index in [1.165, 1.54) is 7.05 Å². The summed E-state index contributed by atoms with van der Waals surface area (Å²) in [4.78, 5) is 12.9. The minimum Gasteiger partial charge on any atom is -0.497 e. The van der Waals surface area contributed by atoms with E-state index in [1.54, 1.807) is 42.4 Å². The summed E-state index contributed by atoms with van der Waals surface area (Å²) in [6.07, 6.45) is 3.59. The highest BCUT2D eigenvalue weighted by molar-refractivity contribution is 7.87. The molecule has 2 aromatic rings. The second-order valence-corrected chi connectivity index (χ2v) is 9.32. The van der Waals surface area contributed by atoms with Gasteiger partial charge >= 0.3 is 0 Å². The molecule has 1 fully saturated rings. The zero-order valence-corrected chi connectivity index (χ0v) is 17.8. The highest BCUT2D eigenvalue weighted by atomic mass is 32.2. The number of ether oxygens (including phenoxy) is 1. The van der Waals surface area contributed by atoms with Crippen molar-refractivity contribution >= 4 is 21.8 Å². The molecule has 0 saturated carbocycles. The second kappa shape index (κ2) is 8.52. The Morgan fingerprint density at radius 1 is 1.41 bits per heavy atom. The summed E-state index contributed by atoms with van der Waals surface area (Å²) in [7, 11) is -0.866. The molecular formula is C19H27N5O4S. The van der Waals surface area contributed by atoms with Crippen LogP contribution >= 0.6 is 0 Å². The number of aromatic nitrogens is 2. The number of nitrogens with zero attached hydrogens (tertiary/aromatic N) is 3. The maximum Gasteiger partial charge on any atom is 0.280 e. The van der Waals surface area contributed by atoms with Gasteiger partial charge in [0.2, 0.25) is 5.91 Å². The number of nitrogens with one attached hydrogen (secondary N) is 2. The van der Waals surface area contributed by atoms with Crippen LogP contribution in [0.5, 0.6) is 5.75 Å². The zero-order chi connectivity index (χ0) is 21.2. The molecule has 2 heterocycles. The van der Waals surface area contributed by atoms with Gasteiger partial charge in [-0.15, -0.1) is 0 Å². The summed E-state index contributed by atoms with van der Waals surface area (Å²) in [6.45, 7) is 4.89. The van der Waals surface area contributed by atoms with Crippen molar-refractivity contribution in [1.82, 2.24) is 18.8 Å². The Morgan fingerprint density at radius 2 is 2.17 bits per heavy atom. The van der Waals surface area contributed by atoms with E-state index in [0.717, 1.165) is 16.4 Å². The second-order valence-electron chi connectivity index (χ2n) is 7.55. The third-order valence-corrected chi connectivity index (χ3v) is 6.42. The number of hydrogen-bond donors (Lipinski definition) is 2. The topological polar surface area (TPSA) is 106 Å². The third-order valence-electron chi connectivity index (χ3n) is 4.82. The number of carbonyl (C=O) groups is 1. The Balaban J connectivity index is 1.79.